The number of hydrogen-bond donors (Lipinski definition) is 0. The van der Waals surface area contributed by atoms with Crippen LogP contribution in [0.4, 0.5) is 0 Å². The summed E-state index contributed by atoms with van der Waals surface area (Å²) in [7, 11) is 1.46. The molecule has 0 atom stereocenters. The van der Waals surface area contributed by atoms with Crippen molar-refractivity contribution in [2.45, 2.75) is 38.9 Å². The van der Waals surface area contributed by atoms with Gasteiger partial charge in [-0.3, -0.25) is 4.68 Å². The van der Waals surface area contributed by atoms with Gasteiger partial charge in [0.05, 0.1) is 16.7 Å². The summed E-state index contributed by atoms with van der Waals surface area (Å²) in [5.74, 6) is 0. The fraction of sp³-hybridized carbons (Fsp3) is 0.500. The lowest BCUT2D eigenvalue weighted by Crippen LogP contribution is -2.41. The minimum atomic E-state index is -0.370. The zero-order valence-corrected chi connectivity index (χ0v) is 13.2. The molecule has 1 saturated heterocycles. The smallest absolute Gasteiger partial charge is 0.399 e. The molecule has 0 spiro atoms. The molecule has 2 aromatic rings. The van der Waals surface area contributed by atoms with Gasteiger partial charge in [0.2, 0.25) is 0 Å². The van der Waals surface area contributed by atoms with E-state index in [-0.39, 0.29) is 18.3 Å². The SMILES string of the molecule is Cn1nc2cc(B3OC(C)(C)C(C)(C)O3)ccc2c1Cl. The fourth-order valence-electron chi connectivity index (χ4n) is 2.31. The second-order valence-corrected chi connectivity index (χ2v) is 6.64. The van der Waals surface area contributed by atoms with Crippen LogP contribution >= 0.6 is 11.6 Å². The lowest BCUT2D eigenvalue weighted by Gasteiger charge is -2.32. The molecular weight excluding hydrogens is 274 g/mol. The van der Waals surface area contributed by atoms with Gasteiger partial charge in [-0.15, -0.1) is 0 Å². The summed E-state index contributed by atoms with van der Waals surface area (Å²) in [5, 5.41) is 5.97. The summed E-state index contributed by atoms with van der Waals surface area (Å²) in [6.07, 6.45) is 0. The standard InChI is InChI=1S/C14H18BClN2O2/c1-13(2)14(3,4)20-15(19-13)9-6-7-10-11(8-9)17-18(5)12(10)16/h6-8H,1-5H3. The summed E-state index contributed by atoms with van der Waals surface area (Å²) in [4.78, 5) is 0. The van der Waals surface area contributed by atoms with Gasteiger partial charge in [0.1, 0.15) is 5.15 Å². The predicted octanol–water partition coefficient (Wildman–Crippen LogP) is 2.53. The lowest BCUT2D eigenvalue weighted by molar-refractivity contribution is 0.00578. The average Bonchev–Trinajstić information content (AvgIpc) is 2.74. The molecule has 1 fully saturated rings. The Bertz CT molecular complexity index is 665. The van der Waals surface area contributed by atoms with Gasteiger partial charge in [-0.2, -0.15) is 5.10 Å². The van der Waals surface area contributed by atoms with E-state index in [2.05, 4.69) is 5.10 Å². The van der Waals surface area contributed by atoms with Crippen LogP contribution in [0.25, 0.3) is 10.9 Å². The van der Waals surface area contributed by atoms with Crippen LogP contribution in [-0.4, -0.2) is 28.1 Å². The molecule has 1 aliphatic heterocycles. The van der Waals surface area contributed by atoms with E-state index in [1.54, 1.807) is 4.68 Å². The number of rotatable bonds is 1. The third-order valence-electron chi connectivity index (χ3n) is 4.31. The highest BCUT2D eigenvalue weighted by molar-refractivity contribution is 6.62. The van der Waals surface area contributed by atoms with Crippen molar-refractivity contribution >= 4 is 35.1 Å². The van der Waals surface area contributed by atoms with Gasteiger partial charge < -0.3 is 9.31 Å². The van der Waals surface area contributed by atoms with Gasteiger partial charge in [-0.1, -0.05) is 17.7 Å². The van der Waals surface area contributed by atoms with Gasteiger partial charge in [0.15, 0.2) is 0 Å². The average molecular weight is 293 g/mol. The van der Waals surface area contributed by atoms with Crippen molar-refractivity contribution in [2.75, 3.05) is 0 Å². The monoisotopic (exact) mass is 292 g/mol. The Morgan fingerprint density at radius 2 is 1.75 bits per heavy atom. The molecule has 2 heterocycles. The Morgan fingerprint density at radius 1 is 1.15 bits per heavy atom. The van der Waals surface area contributed by atoms with E-state index in [1.807, 2.05) is 52.9 Å². The Kier molecular flexibility index (Phi) is 2.94. The summed E-state index contributed by atoms with van der Waals surface area (Å²) >= 11 is 6.18. The maximum Gasteiger partial charge on any atom is 0.494 e. The number of hydrogen-bond acceptors (Lipinski definition) is 3. The van der Waals surface area contributed by atoms with Gasteiger partial charge >= 0.3 is 7.12 Å². The molecule has 4 nitrogen and oxygen atoms in total. The molecule has 0 saturated carbocycles. The van der Waals surface area contributed by atoms with Crippen molar-refractivity contribution in [2.24, 2.45) is 7.05 Å². The highest BCUT2D eigenvalue weighted by Gasteiger charge is 2.51. The normalized spacial score (nSPS) is 20.8. The molecule has 0 radical (unpaired) electrons. The van der Waals surface area contributed by atoms with E-state index in [9.17, 15) is 0 Å². The molecule has 0 aliphatic carbocycles. The number of aryl methyl sites for hydroxylation is 1. The van der Waals surface area contributed by atoms with Crippen LogP contribution in [0.5, 0.6) is 0 Å². The molecular formula is C14H18BClN2O2. The number of nitrogens with zero attached hydrogens (tertiary/aromatic N) is 2. The van der Waals surface area contributed by atoms with Gasteiger partial charge in [-0.25, -0.2) is 0 Å². The van der Waals surface area contributed by atoms with Crippen LogP contribution in [0.15, 0.2) is 18.2 Å². The van der Waals surface area contributed by atoms with Crippen molar-refractivity contribution in [1.82, 2.24) is 9.78 Å². The third kappa shape index (κ3) is 1.96. The largest absolute Gasteiger partial charge is 0.494 e. The molecule has 0 bridgehead atoms. The zero-order chi connectivity index (χ0) is 14.7. The van der Waals surface area contributed by atoms with E-state index in [0.29, 0.717) is 5.15 Å². The minimum Gasteiger partial charge on any atom is -0.399 e. The van der Waals surface area contributed by atoms with Gasteiger partial charge in [-0.05, 0) is 45.3 Å². The van der Waals surface area contributed by atoms with Crippen molar-refractivity contribution in [3.63, 3.8) is 0 Å². The molecule has 0 unspecified atom stereocenters. The number of halogens is 1. The Morgan fingerprint density at radius 3 is 2.35 bits per heavy atom. The predicted molar refractivity (Wildman–Crippen MR) is 81.4 cm³/mol. The molecule has 1 aliphatic rings. The number of benzene rings is 1. The first-order chi connectivity index (χ1) is 9.21. The highest BCUT2D eigenvalue weighted by atomic mass is 35.5. The summed E-state index contributed by atoms with van der Waals surface area (Å²) in [5.41, 5.74) is 1.14. The molecule has 20 heavy (non-hydrogen) atoms. The summed E-state index contributed by atoms with van der Waals surface area (Å²) in [6, 6.07) is 5.92. The van der Waals surface area contributed by atoms with Crippen LogP contribution in [0.2, 0.25) is 5.15 Å². The topological polar surface area (TPSA) is 36.3 Å². The molecule has 0 N–H and O–H groups in total. The molecule has 1 aromatic carbocycles. The Labute approximate surface area is 124 Å². The minimum absolute atomic E-state index is 0.339. The van der Waals surface area contributed by atoms with E-state index in [4.69, 9.17) is 20.9 Å². The van der Waals surface area contributed by atoms with Crippen LogP contribution in [0, 0.1) is 0 Å². The molecule has 1 aromatic heterocycles. The first-order valence-electron chi connectivity index (χ1n) is 6.69. The third-order valence-corrected chi connectivity index (χ3v) is 4.76. The van der Waals surface area contributed by atoms with E-state index in [1.165, 1.54) is 0 Å². The first kappa shape index (κ1) is 13.9. The quantitative estimate of drug-likeness (QED) is 0.758. The van der Waals surface area contributed by atoms with E-state index in [0.717, 1.165) is 16.4 Å². The van der Waals surface area contributed by atoms with Gasteiger partial charge in [0, 0.05) is 12.4 Å². The lowest BCUT2D eigenvalue weighted by atomic mass is 9.79. The maximum absolute atomic E-state index is 6.18. The number of aromatic nitrogens is 2. The second-order valence-electron chi connectivity index (χ2n) is 6.28. The fourth-order valence-corrected chi connectivity index (χ4v) is 2.51. The van der Waals surface area contributed by atoms with Crippen molar-refractivity contribution in [3.05, 3.63) is 23.4 Å². The summed E-state index contributed by atoms with van der Waals surface area (Å²) < 4.78 is 13.8. The van der Waals surface area contributed by atoms with Gasteiger partial charge in [0.25, 0.3) is 0 Å². The maximum atomic E-state index is 6.18. The van der Waals surface area contributed by atoms with Crippen molar-refractivity contribution in [1.29, 1.82) is 0 Å². The molecule has 6 heteroatoms. The van der Waals surface area contributed by atoms with E-state index < -0.39 is 0 Å². The van der Waals surface area contributed by atoms with Crippen molar-refractivity contribution in [3.8, 4) is 0 Å². The van der Waals surface area contributed by atoms with Crippen LogP contribution in [-0.2, 0) is 16.4 Å². The van der Waals surface area contributed by atoms with E-state index >= 15 is 0 Å². The highest BCUT2D eigenvalue weighted by Crippen LogP contribution is 2.36. The number of fused-ring (bicyclic) bond motifs is 1. The Balaban J connectivity index is 2.00. The molecule has 3 rings (SSSR count). The molecule has 0 amide bonds. The summed E-state index contributed by atoms with van der Waals surface area (Å²) in [6.45, 7) is 8.18. The Hall–Kier alpha value is -1.04. The van der Waals surface area contributed by atoms with Crippen LogP contribution in [0.3, 0.4) is 0 Å². The zero-order valence-electron chi connectivity index (χ0n) is 12.4. The molecule has 106 valence electrons. The van der Waals surface area contributed by atoms with Crippen LogP contribution < -0.4 is 5.46 Å². The second kappa shape index (κ2) is 4.23. The first-order valence-corrected chi connectivity index (χ1v) is 7.07. The van der Waals surface area contributed by atoms with Crippen molar-refractivity contribution < 1.29 is 9.31 Å². The van der Waals surface area contributed by atoms with Crippen LogP contribution in [0.1, 0.15) is 27.7 Å².